The Morgan fingerprint density at radius 1 is 1.00 bits per heavy atom. The average Bonchev–Trinajstić information content (AvgIpc) is 3.22. The highest BCUT2D eigenvalue weighted by Gasteiger charge is 2.24. The molecule has 0 aliphatic carbocycles. The van der Waals surface area contributed by atoms with Crippen molar-refractivity contribution >= 4 is 23.3 Å². The van der Waals surface area contributed by atoms with E-state index in [0.29, 0.717) is 43.4 Å². The zero-order chi connectivity index (χ0) is 21.1. The summed E-state index contributed by atoms with van der Waals surface area (Å²) in [5.74, 6) is 0.606. The second kappa shape index (κ2) is 8.48. The van der Waals surface area contributed by atoms with E-state index < -0.39 is 6.04 Å². The van der Waals surface area contributed by atoms with Crippen LogP contribution in [-0.4, -0.2) is 55.9 Å². The van der Waals surface area contributed by atoms with Crippen molar-refractivity contribution in [2.75, 3.05) is 43.2 Å². The summed E-state index contributed by atoms with van der Waals surface area (Å²) in [5.41, 5.74) is 1.49. The predicted molar refractivity (Wildman–Crippen MR) is 109 cm³/mol. The molecule has 30 heavy (non-hydrogen) atoms. The average molecular weight is 414 g/mol. The maximum absolute atomic E-state index is 13.1. The number of ether oxygens (including phenoxy) is 2. The van der Waals surface area contributed by atoms with Crippen molar-refractivity contribution < 1.29 is 23.5 Å². The fourth-order valence-electron chi connectivity index (χ4n) is 3.39. The van der Waals surface area contributed by atoms with Crippen LogP contribution in [0.15, 0.2) is 42.5 Å². The zero-order valence-corrected chi connectivity index (χ0v) is 16.6. The summed E-state index contributed by atoms with van der Waals surface area (Å²) in [6.45, 7) is 4.09. The molecule has 0 spiro atoms. The van der Waals surface area contributed by atoms with Crippen LogP contribution in [0.2, 0.25) is 0 Å². The molecule has 0 radical (unpaired) electrons. The number of amides is 3. The highest BCUT2D eigenvalue weighted by Crippen LogP contribution is 2.34. The van der Waals surface area contributed by atoms with Crippen LogP contribution in [-0.2, 0) is 4.79 Å². The second-order valence-corrected chi connectivity index (χ2v) is 7.18. The summed E-state index contributed by atoms with van der Waals surface area (Å²) < 4.78 is 23.6. The van der Waals surface area contributed by atoms with E-state index in [2.05, 4.69) is 15.5 Å². The molecule has 0 saturated carbocycles. The number of nitrogens with one attached hydrogen (secondary N) is 2. The summed E-state index contributed by atoms with van der Waals surface area (Å²) in [5, 5.41) is 5.50. The summed E-state index contributed by atoms with van der Waals surface area (Å²) in [6, 6.07) is 10.4. The van der Waals surface area contributed by atoms with Crippen LogP contribution in [0.25, 0.3) is 0 Å². The number of anilines is 2. The monoisotopic (exact) mass is 414 g/mol. The van der Waals surface area contributed by atoms with Crippen LogP contribution in [0.3, 0.4) is 0 Å². The Balaban J connectivity index is 1.26. The molecule has 1 fully saturated rings. The van der Waals surface area contributed by atoms with Crippen LogP contribution in [0.1, 0.15) is 6.92 Å². The van der Waals surface area contributed by atoms with E-state index in [4.69, 9.17) is 9.47 Å². The first-order valence-corrected chi connectivity index (χ1v) is 9.76. The Morgan fingerprint density at radius 3 is 2.43 bits per heavy atom. The number of halogens is 1. The van der Waals surface area contributed by atoms with Crippen LogP contribution in [0.5, 0.6) is 11.5 Å². The molecule has 2 aliphatic rings. The van der Waals surface area contributed by atoms with Gasteiger partial charge in [-0.1, -0.05) is 0 Å². The van der Waals surface area contributed by atoms with E-state index in [1.807, 2.05) is 0 Å². The van der Waals surface area contributed by atoms with Gasteiger partial charge in [0.1, 0.15) is 11.9 Å². The molecule has 2 aromatic carbocycles. The first-order valence-electron chi connectivity index (χ1n) is 9.76. The lowest BCUT2D eigenvalue weighted by atomic mass is 10.2. The molecule has 1 atom stereocenters. The first kappa shape index (κ1) is 19.8. The standard InChI is InChI=1S/C21H23FN4O4/c1-14(20(27)24-16-4-7-18-19(12-16)30-13-29-18)23-21(28)26-10-8-25(9-11-26)17-5-2-15(22)3-6-17/h2-7,12,14H,8-11,13H2,1H3,(H,23,28)(H,24,27). The zero-order valence-electron chi connectivity index (χ0n) is 16.6. The fourth-order valence-corrected chi connectivity index (χ4v) is 3.39. The SMILES string of the molecule is CC(NC(=O)N1CCN(c2ccc(F)cc2)CC1)C(=O)Nc1ccc2c(c1)OCO2. The topological polar surface area (TPSA) is 83.1 Å². The van der Waals surface area contributed by atoms with Gasteiger partial charge >= 0.3 is 6.03 Å². The number of rotatable bonds is 4. The molecule has 9 heteroatoms. The van der Waals surface area contributed by atoms with Crippen molar-refractivity contribution in [2.24, 2.45) is 0 Å². The van der Waals surface area contributed by atoms with Crippen molar-refractivity contribution in [3.8, 4) is 11.5 Å². The number of urea groups is 1. The predicted octanol–water partition coefficient (Wildman–Crippen LogP) is 2.41. The third kappa shape index (κ3) is 4.40. The molecule has 2 heterocycles. The molecule has 4 rings (SSSR count). The van der Waals surface area contributed by atoms with Crippen molar-refractivity contribution in [3.63, 3.8) is 0 Å². The molecule has 1 saturated heterocycles. The third-order valence-electron chi connectivity index (χ3n) is 5.13. The number of hydrogen-bond acceptors (Lipinski definition) is 5. The minimum absolute atomic E-state index is 0.160. The van der Waals surface area contributed by atoms with E-state index >= 15 is 0 Å². The number of carbonyl (C=O) groups excluding carboxylic acids is 2. The van der Waals surface area contributed by atoms with Crippen molar-refractivity contribution in [1.29, 1.82) is 0 Å². The molecule has 0 aromatic heterocycles. The van der Waals surface area contributed by atoms with Gasteiger partial charge in [-0.25, -0.2) is 9.18 Å². The van der Waals surface area contributed by atoms with Gasteiger partial charge in [-0.2, -0.15) is 0 Å². The quantitative estimate of drug-likeness (QED) is 0.803. The van der Waals surface area contributed by atoms with Gasteiger partial charge in [0.2, 0.25) is 12.7 Å². The first-order chi connectivity index (χ1) is 14.5. The molecule has 2 N–H and O–H groups in total. The molecule has 3 amide bonds. The molecule has 1 unspecified atom stereocenters. The number of piperazine rings is 1. The van der Waals surface area contributed by atoms with Gasteiger partial charge < -0.3 is 29.9 Å². The van der Waals surface area contributed by atoms with Crippen molar-refractivity contribution in [3.05, 3.63) is 48.3 Å². The van der Waals surface area contributed by atoms with Gasteiger partial charge in [0, 0.05) is 43.6 Å². The molecule has 2 aliphatic heterocycles. The molecular weight excluding hydrogens is 391 g/mol. The maximum atomic E-state index is 13.1. The molecule has 0 bridgehead atoms. The van der Waals surface area contributed by atoms with Gasteiger partial charge in [-0.05, 0) is 43.3 Å². The lowest BCUT2D eigenvalue weighted by molar-refractivity contribution is -0.117. The van der Waals surface area contributed by atoms with Gasteiger partial charge in [-0.15, -0.1) is 0 Å². The van der Waals surface area contributed by atoms with Crippen molar-refractivity contribution in [2.45, 2.75) is 13.0 Å². The number of carbonyl (C=O) groups is 2. The Labute approximate surface area is 173 Å². The van der Waals surface area contributed by atoms with E-state index in [1.165, 1.54) is 12.1 Å². The Kier molecular flexibility index (Phi) is 5.60. The molecule has 2 aromatic rings. The van der Waals surface area contributed by atoms with Crippen LogP contribution in [0, 0.1) is 5.82 Å². The Morgan fingerprint density at radius 2 is 1.70 bits per heavy atom. The van der Waals surface area contributed by atoms with Crippen LogP contribution in [0.4, 0.5) is 20.6 Å². The van der Waals surface area contributed by atoms with Gasteiger partial charge in [-0.3, -0.25) is 4.79 Å². The fraction of sp³-hybridized carbons (Fsp3) is 0.333. The minimum Gasteiger partial charge on any atom is -0.454 e. The minimum atomic E-state index is -0.710. The molecule has 8 nitrogen and oxygen atoms in total. The highest BCUT2D eigenvalue weighted by atomic mass is 19.1. The summed E-state index contributed by atoms with van der Waals surface area (Å²) in [4.78, 5) is 28.7. The molecular formula is C21H23FN4O4. The largest absolute Gasteiger partial charge is 0.454 e. The maximum Gasteiger partial charge on any atom is 0.318 e. The van der Waals surface area contributed by atoms with Crippen LogP contribution < -0.4 is 25.0 Å². The van der Waals surface area contributed by atoms with Crippen LogP contribution >= 0.6 is 0 Å². The molecule has 158 valence electrons. The number of hydrogen-bond donors (Lipinski definition) is 2. The normalized spacial score (nSPS) is 16.2. The van der Waals surface area contributed by atoms with E-state index in [0.717, 1.165) is 5.69 Å². The Hall–Kier alpha value is -3.49. The van der Waals surface area contributed by atoms with E-state index in [1.54, 1.807) is 42.2 Å². The van der Waals surface area contributed by atoms with Gasteiger partial charge in [0.25, 0.3) is 0 Å². The third-order valence-corrected chi connectivity index (χ3v) is 5.13. The van der Waals surface area contributed by atoms with Crippen molar-refractivity contribution in [1.82, 2.24) is 10.2 Å². The summed E-state index contributed by atoms with van der Waals surface area (Å²) in [7, 11) is 0. The highest BCUT2D eigenvalue weighted by molar-refractivity contribution is 5.97. The smallest absolute Gasteiger partial charge is 0.318 e. The summed E-state index contributed by atoms with van der Waals surface area (Å²) >= 11 is 0. The number of nitrogens with zero attached hydrogens (tertiary/aromatic N) is 2. The summed E-state index contributed by atoms with van der Waals surface area (Å²) in [6.07, 6.45) is 0. The van der Waals surface area contributed by atoms with Gasteiger partial charge in [0.15, 0.2) is 11.5 Å². The second-order valence-electron chi connectivity index (χ2n) is 7.18. The van der Waals surface area contributed by atoms with E-state index in [9.17, 15) is 14.0 Å². The lowest BCUT2D eigenvalue weighted by Crippen LogP contribution is -2.54. The van der Waals surface area contributed by atoms with E-state index in [-0.39, 0.29) is 24.5 Å². The van der Waals surface area contributed by atoms with Gasteiger partial charge in [0.05, 0.1) is 0 Å². The number of benzene rings is 2. The lowest BCUT2D eigenvalue weighted by Gasteiger charge is -2.36. The Bertz CT molecular complexity index is 929. The number of fused-ring (bicyclic) bond motifs is 1.